The van der Waals surface area contributed by atoms with Crippen molar-refractivity contribution in [2.45, 2.75) is 6.92 Å². The van der Waals surface area contributed by atoms with Crippen molar-refractivity contribution in [3.05, 3.63) is 53.9 Å². The first-order valence-corrected chi connectivity index (χ1v) is 6.17. The summed E-state index contributed by atoms with van der Waals surface area (Å²) in [5.41, 5.74) is 4.91. The number of hydrogen-bond donors (Lipinski definition) is 0. The Morgan fingerprint density at radius 3 is 2.68 bits per heavy atom. The molecule has 3 nitrogen and oxygen atoms in total. The van der Waals surface area contributed by atoms with Crippen molar-refractivity contribution in [1.82, 2.24) is 9.55 Å². The summed E-state index contributed by atoms with van der Waals surface area (Å²) in [4.78, 5) is 15.6. The summed E-state index contributed by atoms with van der Waals surface area (Å²) in [7, 11) is 1.91. The fraction of sp³-hybridized carbons (Fsp3) is 0.125. The zero-order chi connectivity index (χ0) is 13.4. The Morgan fingerprint density at radius 1 is 1.16 bits per heavy atom. The van der Waals surface area contributed by atoms with Gasteiger partial charge in [-0.15, -0.1) is 0 Å². The minimum absolute atomic E-state index is 0.684. The topological polar surface area (TPSA) is 34.9 Å². The molecule has 2 aromatic heterocycles. The highest BCUT2D eigenvalue weighted by atomic mass is 16.1. The lowest BCUT2D eigenvalue weighted by molar-refractivity contribution is 0.112. The van der Waals surface area contributed by atoms with E-state index < -0.39 is 0 Å². The molecule has 0 unspecified atom stereocenters. The number of nitrogens with zero attached hydrogens (tertiary/aromatic N) is 2. The molecule has 19 heavy (non-hydrogen) atoms. The molecule has 0 aliphatic heterocycles. The van der Waals surface area contributed by atoms with Gasteiger partial charge >= 0.3 is 0 Å². The van der Waals surface area contributed by atoms with Crippen LogP contribution in [0.25, 0.3) is 22.2 Å². The highest BCUT2D eigenvalue weighted by molar-refractivity contribution is 6.05. The average molecular weight is 250 g/mol. The third-order valence-electron chi connectivity index (χ3n) is 3.45. The van der Waals surface area contributed by atoms with E-state index in [-0.39, 0.29) is 0 Å². The highest BCUT2D eigenvalue weighted by Gasteiger charge is 2.13. The lowest BCUT2D eigenvalue weighted by Crippen LogP contribution is -1.90. The van der Waals surface area contributed by atoms with Crippen molar-refractivity contribution in [1.29, 1.82) is 0 Å². The number of fused-ring (bicyclic) bond motifs is 1. The second kappa shape index (κ2) is 4.35. The number of hydrogen-bond acceptors (Lipinski definition) is 2. The summed E-state index contributed by atoms with van der Waals surface area (Å²) in [5, 5.41) is 0.925. The summed E-state index contributed by atoms with van der Waals surface area (Å²) in [6.07, 6.45) is 4.51. The number of carbonyl (C=O) groups is 1. The summed E-state index contributed by atoms with van der Waals surface area (Å²) in [6, 6.07) is 10.1. The zero-order valence-corrected chi connectivity index (χ0v) is 10.9. The van der Waals surface area contributed by atoms with Crippen molar-refractivity contribution in [2.75, 3.05) is 0 Å². The van der Waals surface area contributed by atoms with Crippen LogP contribution in [-0.2, 0) is 7.05 Å². The minimum Gasteiger partial charge on any atom is -0.335 e. The molecule has 0 bridgehead atoms. The van der Waals surface area contributed by atoms with Crippen LogP contribution in [0.15, 0.2) is 42.7 Å². The van der Waals surface area contributed by atoms with Gasteiger partial charge in [0.1, 0.15) is 5.65 Å². The second-order valence-electron chi connectivity index (χ2n) is 4.69. The number of aromatic nitrogens is 2. The maximum Gasteiger partial charge on any atom is 0.152 e. The van der Waals surface area contributed by atoms with E-state index in [9.17, 15) is 4.79 Å². The van der Waals surface area contributed by atoms with Gasteiger partial charge in [-0.25, -0.2) is 4.98 Å². The van der Waals surface area contributed by atoms with Crippen LogP contribution >= 0.6 is 0 Å². The van der Waals surface area contributed by atoms with Gasteiger partial charge in [-0.05, 0) is 29.7 Å². The van der Waals surface area contributed by atoms with E-state index in [4.69, 9.17) is 0 Å². The lowest BCUT2D eigenvalue weighted by Gasteiger charge is -2.07. The molecular formula is C16H14N2O. The SMILES string of the molecule is Cc1ccccc1-c1ccnc2c1c(C=O)cn2C. The maximum atomic E-state index is 11.3. The Bertz CT molecular complexity index is 772. The van der Waals surface area contributed by atoms with Gasteiger partial charge in [0.05, 0.1) is 0 Å². The fourth-order valence-corrected chi connectivity index (χ4v) is 2.53. The Labute approximate surface area is 111 Å². The van der Waals surface area contributed by atoms with E-state index >= 15 is 0 Å². The third-order valence-corrected chi connectivity index (χ3v) is 3.45. The summed E-state index contributed by atoms with van der Waals surface area (Å²) < 4.78 is 1.89. The molecule has 0 aliphatic carbocycles. The molecule has 94 valence electrons. The zero-order valence-electron chi connectivity index (χ0n) is 10.9. The molecule has 3 heteroatoms. The van der Waals surface area contributed by atoms with Crippen LogP contribution in [0.3, 0.4) is 0 Å². The Kier molecular flexibility index (Phi) is 2.67. The monoisotopic (exact) mass is 250 g/mol. The van der Waals surface area contributed by atoms with Crippen LogP contribution < -0.4 is 0 Å². The number of benzene rings is 1. The molecule has 3 rings (SSSR count). The van der Waals surface area contributed by atoms with Gasteiger partial charge in [-0.2, -0.15) is 0 Å². The molecule has 0 amide bonds. The number of aldehydes is 1. The largest absolute Gasteiger partial charge is 0.335 e. The molecule has 0 spiro atoms. The van der Waals surface area contributed by atoms with Gasteiger partial charge in [0.15, 0.2) is 6.29 Å². The predicted molar refractivity (Wildman–Crippen MR) is 76.3 cm³/mol. The van der Waals surface area contributed by atoms with E-state index in [1.807, 2.05) is 36.0 Å². The molecule has 0 atom stereocenters. The Hall–Kier alpha value is -2.42. The minimum atomic E-state index is 0.684. The van der Waals surface area contributed by atoms with E-state index in [0.29, 0.717) is 5.56 Å². The second-order valence-corrected chi connectivity index (χ2v) is 4.69. The smallest absolute Gasteiger partial charge is 0.152 e. The van der Waals surface area contributed by atoms with Crippen LogP contribution in [0.2, 0.25) is 0 Å². The van der Waals surface area contributed by atoms with Gasteiger partial charge in [0.2, 0.25) is 0 Å². The molecule has 0 N–H and O–H groups in total. The van der Waals surface area contributed by atoms with Gasteiger partial charge in [0.25, 0.3) is 0 Å². The summed E-state index contributed by atoms with van der Waals surface area (Å²) in [6.45, 7) is 2.07. The molecule has 0 radical (unpaired) electrons. The van der Waals surface area contributed by atoms with Crippen molar-refractivity contribution in [3.8, 4) is 11.1 Å². The molecule has 2 heterocycles. The lowest BCUT2D eigenvalue weighted by atomic mass is 9.98. The quantitative estimate of drug-likeness (QED) is 0.654. The maximum absolute atomic E-state index is 11.3. The highest BCUT2D eigenvalue weighted by Crippen LogP contribution is 2.32. The van der Waals surface area contributed by atoms with Crippen molar-refractivity contribution in [3.63, 3.8) is 0 Å². The summed E-state index contributed by atoms with van der Waals surface area (Å²) in [5.74, 6) is 0. The number of aryl methyl sites for hydroxylation is 2. The average Bonchev–Trinajstić information content (AvgIpc) is 2.76. The predicted octanol–water partition coefficient (Wildman–Crippen LogP) is 3.36. The molecular weight excluding hydrogens is 236 g/mol. The molecule has 0 saturated heterocycles. The number of rotatable bonds is 2. The number of pyridine rings is 1. The van der Waals surface area contributed by atoms with Crippen LogP contribution in [0, 0.1) is 6.92 Å². The fourth-order valence-electron chi connectivity index (χ4n) is 2.53. The van der Waals surface area contributed by atoms with Crippen molar-refractivity contribution >= 4 is 17.3 Å². The normalized spacial score (nSPS) is 10.8. The Morgan fingerprint density at radius 2 is 1.95 bits per heavy atom. The molecule has 0 saturated carbocycles. The standard InChI is InChI=1S/C16H14N2O/c1-11-5-3-4-6-13(11)14-7-8-17-16-15(14)12(10-19)9-18(16)2/h3-10H,1-2H3. The van der Waals surface area contributed by atoms with Crippen LogP contribution in [0.5, 0.6) is 0 Å². The van der Waals surface area contributed by atoms with Gasteiger partial charge in [-0.3, -0.25) is 4.79 Å². The molecule has 0 fully saturated rings. The first-order chi connectivity index (χ1) is 9.22. The van der Waals surface area contributed by atoms with E-state index in [2.05, 4.69) is 24.0 Å². The molecule has 3 aromatic rings. The third kappa shape index (κ3) is 1.74. The van der Waals surface area contributed by atoms with Gasteiger partial charge < -0.3 is 4.57 Å². The van der Waals surface area contributed by atoms with Gasteiger partial charge in [0, 0.05) is 30.4 Å². The van der Waals surface area contributed by atoms with Crippen LogP contribution in [0.1, 0.15) is 15.9 Å². The van der Waals surface area contributed by atoms with Gasteiger partial charge in [-0.1, -0.05) is 24.3 Å². The first kappa shape index (κ1) is 11.7. The van der Waals surface area contributed by atoms with Crippen molar-refractivity contribution in [2.24, 2.45) is 7.05 Å². The summed E-state index contributed by atoms with van der Waals surface area (Å²) >= 11 is 0. The first-order valence-electron chi connectivity index (χ1n) is 6.17. The molecule has 0 aliphatic rings. The Balaban J connectivity index is 2.42. The van der Waals surface area contributed by atoms with Crippen LogP contribution in [-0.4, -0.2) is 15.8 Å². The van der Waals surface area contributed by atoms with E-state index in [1.165, 1.54) is 5.56 Å². The van der Waals surface area contributed by atoms with Crippen LogP contribution in [0.4, 0.5) is 0 Å². The number of carbonyl (C=O) groups excluding carboxylic acids is 1. The molecule has 1 aromatic carbocycles. The van der Waals surface area contributed by atoms with E-state index in [1.54, 1.807) is 6.20 Å². The van der Waals surface area contributed by atoms with Crippen molar-refractivity contribution < 1.29 is 4.79 Å². The van der Waals surface area contributed by atoms with E-state index in [0.717, 1.165) is 28.4 Å².